The van der Waals surface area contributed by atoms with Crippen molar-refractivity contribution in [2.24, 2.45) is 5.73 Å². The lowest BCUT2D eigenvalue weighted by atomic mass is 9.91. The first-order chi connectivity index (χ1) is 5.83. The Labute approximate surface area is 72.4 Å². The molecule has 1 atom stereocenters. The van der Waals surface area contributed by atoms with E-state index < -0.39 is 0 Å². The maximum atomic E-state index is 6.01. The van der Waals surface area contributed by atoms with E-state index in [2.05, 4.69) is 17.1 Å². The molecule has 1 aromatic rings. The summed E-state index contributed by atoms with van der Waals surface area (Å²) >= 11 is 0. The van der Waals surface area contributed by atoms with E-state index in [1.165, 1.54) is 17.7 Å². The number of aromatic amines is 1. The largest absolute Gasteiger partial charge is 0.324 e. The van der Waals surface area contributed by atoms with Gasteiger partial charge in [0.25, 0.3) is 0 Å². The molecular formula is C9H15N3. The zero-order chi connectivity index (χ0) is 8.55. The second-order valence-electron chi connectivity index (χ2n) is 3.41. The first-order valence-corrected chi connectivity index (χ1v) is 4.64. The molecule has 1 aliphatic rings. The Morgan fingerprint density at radius 2 is 2.50 bits per heavy atom. The normalized spacial score (nSPS) is 22.3. The maximum absolute atomic E-state index is 6.01. The van der Waals surface area contributed by atoms with Crippen LogP contribution in [0.1, 0.15) is 42.8 Å². The average Bonchev–Trinajstić information content (AvgIpc) is 2.49. The fourth-order valence-electron chi connectivity index (χ4n) is 1.97. The van der Waals surface area contributed by atoms with Crippen molar-refractivity contribution in [1.82, 2.24) is 10.2 Å². The van der Waals surface area contributed by atoms with Gasteiger partial charge in [-0.3, -0.25) is 5.10 Å². The molecule has 0 bridgehead atoms. The molecule has 1 heterocycles. The number of nitrogens with zero attached hydrogens (tertiary/aromatic N) is 1. The zero-order valence-electron chi connectivity index (χ0n) is 7.43. The molecule has 0 spiro atoms. The molecule has 0 fully saturated rings. The number of H-pyrrole nitrogens is 1. The van der Waals surface area contributed by atoms with E-state index in [9.17, 15) is 0 Å². The summed E-state index contributed by atoms with van der Waals surface area (Å²) in [6, 6.07) is 0.224. The fraction of sp³-hybridized carbons (Fsp3) is 0.667. The van der Waals surface area contributed by atoms with E-state index in [-0.39, 0.29) is 6.04 Å². The number of hydrogen-bond donors (Lipinski definition) is 2. The number of nitrogens with one attached hydrogen (secondary N) is 1. The molecule has 0 amide bonds. The molecule has 0 saturated carbocycles. The Bertz CT molecular complexity index is 264. The van der Waals surface area contributed by atoms with E-state index in [0.29, 0.717) is 0 Å². The second kappa shape index (κ2) is 2.90. The van der Waals surface area contributed by atoms with Crippen molar-refractivity contribution >= 4 is 0 Å². The van der Waals surface area contributed by atoms with Gasteiger partial charge < -0.3 is 5.73 Å². The van der Waals surface area contributed by atoms with Gasteiger partial charge in [0, 0.05) is 17.3 Å². The van der Waals surface area contributed by atoms with E-state index in [1.54, 1.807) is 0 Å². The number of hydrogen-bond acceptors (Lipinski definition) is 2. The van der Waals surface area contributed by atoms with Gasteiger partial charge in [0.15, 0.2) is 0 Å². The van der Waals surface area contributed by atoms with Crippen LogP contribution in [-0.2, 0) is 12.8 Å². The van der Waals surface area contributed by atoms with Gasteiger partial charge in [-0.1, -0.05) is 6.92 Å². The quantitative estimate of drug-likeness (QED) is 0.659. The molecule has 3 heteroatoms. The zero-order valence-corrected chi connectivity index (χ0v) is 7.43. The monoisotopic (exact) mass is 165 g/mol. The SMILES string of the molecule is CCc1n[nH]c2c1[C@@H](N)CCC2. The second-order valence-corrected chi connectivity index (χ2v) is 3.41. The molecule has 3 nitrogen and oxygen atoms in total. The van der Waals surface area contributed by atoms with Gasteiger partial charge in [0.05, 0.1) is 5.69 Å². The predicted octanol–water partition coefficient (Wildman–Crippen LogP) is 1.31. The molecule has 0 aliphatic heterocycles. The third kappa shape index (κ3) is 1.05. The maximum Gasteiger partial charge on any atom is 0.0670 e. The number of rotatable bonds is 1. The van der Waals surface area contributed by atoms with Gasteiger partial charge in [-0.2, -0.15) is 5.10 Å². The van der Waals surface area contributed by atoms with Gasteiger partial charge in [0.1, 0.15) is 0 Å². The minimum Gasteiger partial charge on any atom is -0.324 e. The molecule has 0 saturated heterocycles. The van der Waals surface area contributed by atoms with Crippen LogP contribution in [-0.4, -0.2) is 10.2 Å². The van der Waals surface area contributed by atoms with Gasteiger partial charge in [0.2, 0.25) is 0 Å². The smallest absolute Gasteiger partial charge is 0.0670 e. The van der Waals surface area contributed by atoms with Crippen molar-refractivity contribution < 1.29 is 0 Å². The number of fused-ring (bicyclic) bond motifs is 1. The van der Waals surface area contributed by atoms with Crippen LogP contribution in [0.15, 0.2) is 0 Å². The Morgan fingerprint density at radius 1 is 1.67 bits per heavy atom. The highest BCUT2D eigenvalue weighted by atomic mass is 15.1. The van der Waals surface area contributed by atoms with Crippen LogP contribution in [0.25, 0.3) is 0 Å². The van der Waals surface area contributed by atoms with Crippen LogP contribution in [0.3, 0.4) is 0 Å². The molecule has 12 heavy (non-hydrogen) atoms. The Morgan fingerprint density at radius 3 is 3.25 bits per heavy atom. The highest BCUT2D eigenvalue weighted by Gasteiger charge is 2.21. The lowest BCUT2D eigenvalue weighted by Crippen LogP contribution is -2.17. The summed E-state index contributed by atoms with van der Waals surface area (Å²) in [5.74, 6) is 0. The van der Waals surface area contributed by atoms with E-state index in [1.807, 2.05) is 0 Å². The van der Waals surface area contributed by atoms with Crippen LogP contribution < -0.4 is 5.73 Å². The van der Waals surface area contributed by atoms with E-state index in [4.69, 9.17) is 5.73 Å². The van der Waals surface area contributed by atoms with Crippen molar-refractivity contribution in [2.75, 3.05) is 0 Å². The summed E-state index contributed by atoms with van der Waals surface area (Å²) in [5.41, 5.74) is 9.74. The first kappa shape index (κ1) is 7.80. The summed E-state index contributed by atoms with van der Waals surface area (Å²) in [7, 11) is 0. The number of aryl methyl sites for hydroxylation is 2. The molecule has 66 valence electrons. The van der Waals surface area contributed by atoms with Gasteiger partial charge in [-0.15, -0.1) is 0 Å². The lowest BCUT2D eigenvalue weighted by molar-refractivity contribution is 0.563. The van der Waals surface area contributed by atoms with E-state index in [0.717, 1.165) is 25.0 Å². The standard InChI is InChI=1S/C9H15N3/c1-2-7-9-6(10)4-3-5-8(9)12-11-7/h6H,2-5,10H2,1H3,(H,11,12)/t6-/m0/s1. The highest BCUT2D eigenvalue weighted by Crippen LogP contribution is 2.28. The van der Waals surface area contributed by atoms with Crippen LogP contribution >= 0.6 is 0 Å². The van der Waals surface area contributed by atoms with E-state index >= 15 is 0 Å². The highest BCUT2D eigenvalue weighted by molar-refractivity contribution is 5.30. The van der Waals surface area contributed by atoms with Crippen molar-refractivity contribution in [1.29, 1.82) is 0 Å². The van der Waals surface area contributed by atoms with Crippen molar-refractivity contribution in [3.8, 4) is 0 Å². The first-order valence-electron chi connectivity index (χ1n) is 4.64. The average molecular weight is 165 g/mol. The molecule has 0 unspecified atom stereocenters. The predicted molar refractivity (Wildman–Crippen MR) is 47.8 cm³/mol. The summed E-state index contributed by atoms with van der Waals surface area (Å²) < 4.78 is 0. The van der Waals surface area contributed by atoms with Gasteiger partial charge in [-0.05, 0) is 25.7 Å². The Balaban J connectivity index is 2.43. The third-order valence-corrected chi connectivity index (χ3v) is 2.61. The van der Waals surface area contributed by atoms with Crippen molar-refractivity contribution in [3.05, 3.63) is 17.0 Å². The molecule has 0 radical (unpaired) electrons. The topological polar surface area (TPSA) is 54.7 Å². The third-order valence-electron chi connectivity index (χ3n) is 2.61. The number of nitrogens with two attached hydrogens (primary N) is 1. The van der Waals surface area contributed by atoms with Crippen LogP contribution in [0, 0.1) is 0 Å². The summed E-state index contributed by atoms with van der Waals surface area (Å²) in [5, 5.41) is 7.34. The summed E-state index contributed by atoms with van der Waals surface area (Å²) in [6.07, 6.45) is 4.41. The molecular weight excluding hydrogens is 150 g/mol. The lowest BCUT2D eigenvalue weighted by Gasteiger charge is -2.18. The van der Waals surface area contributed by atoms with Crippen LogP contribution in [0.4, 0.5) is 0 Å². The van der Waals surface area contributed by atoms with Gasteiger partial charge >= 0.3 is 0 Å². The Hall–Kier alpha value is -0.830. The number of aromatic nitrogens is 2. The molecule has 1 aliphatic carbocycles. The minimum absolute atomic E-state index is 0.224. The summed E-state index contributed by atoms with van der Waals surface area (Å²) in [4.78, 5) is 0. The van der Waals surface area contributed by atoms with Crippen LogP contribution in [0.2, 0.25) is 0 Å². The van der Waals surface area contributed by atoms with Crippen LogP contribution in [0.5, 0.6) is 0 Å². The molecule has 1 aromatic heterocycles. The minimum atomic E-state index is 0.224. The summed E-state index contributed by atoms with van der Waals surface area (Å²) in [6.45, 7) is 2.12. The Kier molecular flexibility index (Phi) is 1.89. The molecule has 3 N–H and O–H groups in total. The van der Waals surface area contributed by atoms with Crippen molar-refractivity contribution in [2.45, 2.75) is 38.6 Å². The van der Waals surface area contributed by atoms with Crippen molar-refractivity contribution in [3.63, 3.8) is 0 Å². The fourth-order valence-corrected chi connectivity index (χ4v) is 1.97. The van der Waals surface area contributed by atoms with Gasteiger partial charge in [-0.25, -0.2) is 0 Å². The molecule has 2 rings (SSSR count). The molecule has 0 aromatic carbocycles.